The van der Waals surface area contributed by atoms with Crippen molar-refractivity contribution in [3.63, 3.8) is 0 Å². The highest BCUT2D eigenvalue weighted by Crippen LogP contribution is 2.25. The fourth-order valence-electron chi connectivity index (χ4n) is 1.67. The average molecular weight is 295 g/mol. The van der Waals surface area contributed by atoms with Crippen molar-refractivity contribution in [2.45, 2.75) is 13.5 Å². The molecule has 5 heteroatoms. The van der Waals surface area contributed by atoms with Crippen molar-refractivity contribution in [3.8, 4) is 11.1 Å². The van der Waals surface area contributed by atoms with Crippen LogP contribution in [-0.2, 0) is 11.3 Å². The van der Waals surface area contributed by atoms with E-state index >= 15 is 0 Å². The van der Waals surface area contributed by atoms with E-state index in [4.69, 9.17) is 5.11 Å². The molecule has 0 amide bonds. The summed E-state index contributed by atoms with van der Waals surface area (Å²) in [5, 5.41) is 12.8. The summed E-state index contributed by atoms with van der Waals surface area (Å²) in [6.45, 7) is 1.76. The van der Waals surface area contributed by atoms with Gasteiger partial charge in [-0.3, -0.25) is 9.48 Å². The van der Waals surface area contributed by atoms with Gasteiger partial charge < -0.3 is 5.11 Å². The molecule has 17 heavy (non-hydrogen) atoms. The lowest BCUT2D eigenvalue weighted by molar-refractivity contribution is -0.137. The predicted octanol–water partition coefficient (Wildman–Crippen LogP) is 2.71. The Labute approximate surface area is 107 Å². The molecule has 0 aliphatic carbocycles. The quantitative estimate of drug-likeness (QED) is 0.947. The smallest absolute Gasteiger partial charge is 0.325 e. The van der Waals surface area contributed by atoms with Gasteiger partial charge in [0.2, 0.25) is 0 Å². The maximum Gasteiger partial charge on any atom is 0.325 e. The molecule has 0 atom stereocenters. The SMILES string of the molecule is Cc1c(-c2cccc(Br)c2)cnn1CC(=O)O. The molecule has 0 aliphatic heterocycles. The van der Waals surface area contributed by atoms with Crippen molar-refractivity contribution in [3.05, 3.63) is 40.6 Å². The normalized spacial score (nSPS) is 10.5. The monoisotopic (exact) mass is 294 g/mol. The number of benzene rings is 1. The van der Waals surface area contributed by atoms with E-state index in [0.717, 1.165) is 21.3 Å². The largest absolute Gasteiger partial charge is 0.480 e. The second-order valence-corrected chi connectivity index (χ2v) is 4.62. The van der Waals surface area contributed by atoms with Crippen molar-refractivity contribution in [2.75, 3.05) is 0 Å². The molecule has 0 aliphatic rings. The van der Waals surface area contributed by atoms with Gasteiger partial charge in [-0.1, -0.05) is 28.1 Å². The van der Waals surface area contributed by atoms with Gasteiger partial charge in [0.15, 0.2) is 0 Å². The number of carbonyl (C=O) groups is 1. The molecule has 2 rings (SSSR count). The number of aromatic nitrogens is 2. The van der Waals surface area contributed by atoms with E-state index in [-0.39, 0.29) is 6.54 Å². The number of nitrogens with zero attached hydrogens (tertiary/aromatic N) is 2. The number of hydrogen-bond donors (Lipinski definition) is 1. The molecular formula is C12H11BrN2O2. The van der Waals surface area contributed by atoms with Gasteiger partial charge in [-0.05, 0) is 24.6 Å². The van der Waals surface area contributed by atoms with Crippen LogP contribution in [0.3, 0.4) is 0 Å². The molecule has 4 nitrogen and oxygen atoms in total. The summed E-state index contributed by atoms with van der Waals surface area (Å²) in [6, 6.07) is 7.84. The zero-order chi connectivity index (χ0) is 12.4. The number of aliphatic carboxylic acids is 1. The van der Waals surface area contributed by atoms with Crippen LogP contribution < -0.4 is 0 Å². The fourth-order valence-corrected chi connectivity index (χ4v) is 2.07. The first-order valence-corrected chi connectivity index (χ1v) is 5.87. The summed E-state index contributed by atoms with van der Waals surface area (Å²) in [5.41, 5.74) is 2.83. The Hall–Kier alpha value is -1.62. The molecule has 0 spiro atoms. The van der Waals surface area contributed by atoms with E-state index < -0.39 is 5.97 Å². The zero-order valence-electron chi connectivity index (χ0n) is 9.22. The molecule has 1 aromatic heterocycles. The third-order valence-electron chi connectivity index (χ3n) is 2.52. The van der Waals surface area contributed by atoms with Crippen LogP contribution in [0.25, 0.3) is 11.1 Å². The Morgan fingerprint density at radius 2 is 2.29 bits per heavy atom. The van der Waals surface area contributed by atoms with Crippen LogP contribution in [0.1, 0.15) is 5.69 Å². The molecule has 0 bridgehead atoms. The first-order valence-electron chi connectivity index (χ1n) is 5.08. The van der Waals surface area contributed by atoms with Crippen LogP contribution in [0.5, 0.6) is 0 Å². The van der Waals surface area contributed by atoms with Crippen LogP contribution in [0.4, 0.5) is 0 Å². The van der Waals surface area contributed by atoms with Gasteiger partial charge in [0.25, 0.3) is 0 Å². The van der Waals surface area contributed by atoms with Crippen LogP contribution in [-0.4, -0.2) is 20.9 Å². The van der Waals surface area contributed by atoms with Gasteiger partial charge in [0.1, 0.15) is 6.54 Å². The first-order chi connectivity index (χ1) is 8.08. The minimum atomic E-state index is -0.892. The molecule has 0 unspecified atom stereocenters. The molecule has 0 radical (unpaired) electrons. The highest BCUT2D eigenvalue weighted by atomic mass is 79.9. The molecule has 0 saturated heterocycles. The highest BCUT2D eigenvalue weighted by molar-refractivity contribution is 9.10. The number of hydrogen-bond acceptors (Lipinski definition) is 2. The minimum Gasteiger partial charge on any atom is -0.480 e. The van der Waals surface area contributed by atoms with Crippen LogP contribution in [0, 0.1) is 6.92 Å². The molecule has 1 aromatic carbocycles. The number of carboxylic acids is 1. The van der Waals surface area contributed by atoms with Crippen molar-refractivity contribution < 1.29 is 9.90 Å². The third kappa shape index (κ3) is 2.55. The van der Waals surface area contributed by atoms with Crippen LogP contribution >= 0.6 is 15.9 Å². The Kier molecular flexibility index (Phi) is 3.28. The average Bonchev–Trinajstić information content (AvgIpc) is 2.60. The van der Waals surface area contributed by atoms with Gasteiger partial charge in [-0.2, -0.15) is 5.10 Å². The molecule has 1 heterocycles. The summed E-state index contributed by atoms with van der Waals surface area (Å²) in [6.07, 6.45) is 1.69. The van der Waals surface area contributed by atoms with Gasteiger partial charge in [-0.25, -0.2) is 0 Å². The lowest BCUT2D eigenvalue weighted by Gasteiger charge is -2.03. The van der Waals surface area contributed by atoms with Crippen molar-refractivity contribution in [1.29, 1.82) is 0 Å². The fraction of sp³-hybridized carbons (Fsp3) is 0.167. The Bertz CT molecular complexity index is 563. The number of rotatable bonds is 3. The predicted molar refractivity (Wildman–Crippen MR) is 67.7 cm³/mol. The van der Waals surface area contributed by atoms with E-state index in [9.17, 15) is 4.79 Å². The second-order valence-electron chi connectivity index (χ2n) is 3.71. The second kappa shape index (κ2) is 4.71. The van der Waals surface area contributed by atoms with E-state index in [1.54, 1.807) is 6.20 Å². The van der Waals surface area contributed by atoms with E-state index in [0.29, 0.717) is 0 Å². The molecule has 88 valence electrons. The van der Waals surface area contributed by atoms with Crippen LogP contribution in [0.15, 0.2) is 34.9 Å². The van der Waals surface area contributed by atoms with Crippen molar-refractivity contribution in [2.24, 2.45) is 0 Å². The Balaban J connectivity index is 2.40. The third-order valence-corrected chi connectivity index (χ3v) is 3.02. The molecule has 2 aromatic rings. The van der Waals surface area contributed by atoms with Gasteiger partial charge in [0, 0.05) is 15.7 Å². The first kappa shape index (κ1) is 11.9. The van der Waals surface area contributed by atoms with Gasteiger partial charge in [0.05, 0.1) is 6.20 Å². The standard InChI is InChI=1S/C12H11BrN2O2/c1-8-11(6-14-15(8)7-12(16)17)9-3-2-4-10(13)5-9/h2-6H,7H2,1H3,(H,16,17). The summed E-state index contributed by atoms with van der Waals surface area (Å²) in [4.78, 5) is 10.7. The molecule has 0 saturated carbocycles. The Morgan fingerprint density at radius 1 is 1.53 bits per heavy atom. The summed E-state index contributed by atoms with van der Waals surface area (Å²) in [7, 11) is 0. The number of halogens is 1. The summed E-state index contributed by atoms with van der Waals surface area (Å²) >= 11 is 3.41. The van der Waals surface area contributed by atoms with Gasteiger partial charge >= 0.3 is 5.97 Å². The van der Waals surface area contributed by atoms with E-state index in [2.05, 4.69) is 21.0 Å². The molecule has 0 fully saturated rings. The maximum absolute atomic E-state index is 10.7. The lowest BCUT2D eigenvalue weighted by atomic mass is 10.1. The maximum atomic E-state index is 10.7. The van der Waals surface area contributed by atoms with Crippen molar-refractivity contribution >= 4 is 21.9 Å². The number of carboxylic acid groups (broad SMARTS) is 1. The summed E-state index contributed by atoms with van der Waals surface area (Å²) < 4.78 is 2.47. The molecular weight excluding hydrogens is 284 g/mol. The van der Waals surface area contributed by atoms with E-state index in [1.165, 1.54) is 4.68 Å². The topological polar surface area (TPSA) is 55.1 Å². The minimum absolute atomic E-state index is 0.111. The van der Waals surface area contributed by atoms with E-state index in [1.807, 2.05) is 31.2 Å². The van der Waals surface area contributed by atoms with Crippen molar-refractivity contribution in [1.82, 2.24) is 9.78 Å². The zero-order valence-corrected chi connectivity index (χ0v) is 10.8. The van der Waals surface area contributed by atoms with Gasteiger partial charge in [-0.15, -0.1) is 0 Å². The Morgan fingerprint density at radius 3 is 2.94 bits per heavy atom. The highest BCUT2D eigenvalue weighted by Gasteiger charge is 2.10. The van der Waals surface area contributed by atoms with Crippen LogP contribution in [0.2, 0.25) is 0 Å². The lowest BCUT2D eigenvalue weighted by Crippen LogP contribution is -2.11. The molecule has 1 N–H and O–H groups in total. The summed E-state index contributed by atoms with van der Waals surface area (Å²) in [5.74, 6) is -0.892.